The van der Waals surface area contributed by atoms with E-state index in [1.165, 1.54) is 11.0 Å². The lowest BCUT2D eigenvalue weighted by Gasteiger charge is -2.33. The minimum atomic E-state index is -0.982. The lowest BCUT2D eigenvalue weighted by atomic mass is 9.85. The number of nitrogens with zero attached hydrogens (tertiary/aromatic N) is 1. The van der Waals surface area contributed by atoms with Crippen molar-refractivity contribution < 1.29 is 19.5 Å². The molecule has 0 saturated heterocycles. The highest BCUT2D eigenvalue weighted by Gasteiger charge is 2.33. The molecule has 0 aromatic heterocycles. The second kappa shape index (κ2) is 8.69. The van der Waals surface area contributed by atoms with Gasteiger partial charge in [0.1, 0.15) is 0 Å². The highest BCUT2D eigenvalue weighted by atomic mass is 16.4. The van der Waals surface area contributed by atoms with Crippen molar-refractivity contribution in [3.8, 4) is 0 Å². The van der Waals surface area contributed by atoms with Crippen molar-refractivity contribution in [3.63, 3.8) is 0 Å². The number of carbonyl (C=O) groups is 3. The van der Waals surface area contributed by atoms with Gasteiger partial charge in [0.25, 0.3) is 11.8 Å². The molecule has 1 atom stereocenters. The van der Waals surface area contributed by atoms with Gasteiger partial charge in [0.05, 0.1) is 12.0 Å². The van der Waals surface area contributed by atoms with Crippen LogP contribution in [0, 0.1) is 5.92 Å². The first-order valence-electron chi connectivity index (χ1n) is 9.11. The van der Waals surface area contributed by atoms with Crippen LogP contribution in [0.2, 0.25) is 0 Å². The molecular weight excluding hydrogens is 356 g/mol. The number of carboxylic acid groups (broad SMARTS) is 1. The Hall–Kier alpha value is -3.15. The van der Waals surface area contributed by atoms with Gasteiger partial charge in [0.15, 0.2) is 0 Å². The van der Waals surface area contributed by atoms with Crippen molar-refractivity contribution in [2.75, 3.05) is 11.9 Å². The molecule has 0 aliphatic rings. The van der Waals surface area contributed by atoms with Crippen molar-refractivity contribution >= 4 is 23.5 Å². The van der Waals surface area contributed by atoms with Crippen molar-refractivity contribution in [1.82, 2.24) is 5.32 Å². The standard InChI is InChI=1S/C22H26N2O4/c1-15(2)22(3,14-19(25)26)23-20(27)16-9-8-10-17(13-16)21(28)24(4)18-11-6-5-7-12-18/h5-13,15H,14H2,1-4H3,(H,23,27)(H,25,26). The fourth-order valence-corrected chi connectivity index (χ4v) is 2.79. The van der Waals surface area contributed by atoms with Gasteiger partial charge < -0.3 is 15.3 Å². The first-order chi connectivity index (χ1) is 13.1. The molecule has 2 N–H and O–H groups in total. The summed E-state index contributed by atoms with van der Waals surface area (Å²) in [5, 5.41) is 12.0. The zero-order chi connectivity index (χ0) is 20.9. The van der Waals surface area contributed by atoms with Gasteiger partial charge in [-0.3, -0.25) is 14.4 Å². The number of benzene rings is 2. The average Bonchev–Trinajstić information content (AvgIpc) is 2.66. The third-order valence-electron chi connectivity index (χ3n) is 5.01. The highest BCUT2D eigenvalue weighted by molar-refractivity contribution is 6.07. The molecule has 2 amide bonds. The van der Waals surface area contributed by atoms with E-state index in [0.29, 0.717) is 11.1 Å². The van der Waals surface area contributed by atoms with E-state index >= 15 is 0 Å². The predicted octanol–water partition coefficient (Wildman–Crippen LogP) is 3.58. The van der Waals surface area contributed by atoms with Crippen LogP contribution in [0.3, 0.4) is 0 Å². The van der Waals surface area contributed by atoms with E-state index in [2.05, 4.69) is 5.32 Å². The zero-order valence-corrected chi connectivity index (χ0v) is 16.6. The second-order valence-electron chi connectivity index (χ2n) is 7.38. The number of amides is 2. The number of para-hydroxylation sites is 1. The van der Waals surface area contributed by atoms with Gasteiger partial charge in [-0.2, -0.15) is 0 Å². The van der Waals surface area contributed by atoms with Crippen LogP contribution in [0.25, 0.3) is 0 Å². The molecule has 2 aromatic rings. The van der Waals surface area contributed by atoms with Gasteiger partial charge in [0.2, 0.25) is 0 Å². The maximum atomic E-state index is 12.8. The summed E-state index contributed by atoms with van der Waals surface area (Å²) in [6, 6.07) is 15.6. The van der Waals surface area contributed by atoms with Gasteiger partial charge in [0, 0.05) is 23.9 Å². The Bertz CT molecular complexity index is 864. The number of nitrogens with one attached hydrogen (secondary N) is 1. The van der Waals surface area contributed by atoms with E-state index in [-0.39, 0.29) is 18.2 Å². The van der Waals surface area contributed by atoms with E-state index in [1.807, 2.05) is 44.2 Å². The Kier molecular flexibility index (Phi) is 6.57. The summed E-state index contributed by atoms with van der Waals surface area (Å²) in [4.78, 5) is 38.2. The van der Waals surface area contributed by atoms with Crippen LogP contribution in [0.5, 0.6) is 0 Å². The summed E-state index contributed by atoms with van der Waals surface area (Å²) in [5.41, 5.74) is 0.535. The molecule has 1 unspecified atom stereocenters. The molecule has 0 radical (unpaired) electrons. The monoisotopic (exact) mass is 382 g/mol. The van der Waals surface area contributed by atoms with Gasteiger partial charge in [-0.15, -0.1) is 0 Å². The normalized spacial score (nSPS) is 12.9. The van der Waals surface area contributed by atoms with Crippen molar-refractivity contribution in [1.29, 1.82) is 0 Å². The average molecular weight is 382 g/mol. The molecule has 0 spiro atoms. The molecule has 0 saturated carbocycles. The van der Waals surface area contributed by atoms with Gasteiger partial charge >= 0.3 is 5.97 Å². The molecule has 0 aliphatic carbocycles. The largest absolute Gasteiger partial charge is 0.481 e. The van der Waals surface area contributed by atoms with Crippen molar-refractivity contribution in [2.45, 2.75) is 32.7 Å². The topological polar surface area (TPSA) is 86.7 Å². The maximum absolute atomic E-state index is 12.8. The van der Waals surface area contributed by atoms with Gasteiger partial charge in [-0.05, 0) is 43.2 Å². The SMILES string of the molecule is CC(C)C(C)(CC(=O)O)NC(=O)c1cccc(C(=O)N(C)c2ccccc2)c1. The summed E-state index contributed by atoms with van der Waals surface area (Å²) in [6.45, 7) is 5.43. The maximum Gasteiger partial charge on any atom is 0.305 e. The van der Waals surface area contributed by atoms with E-state index in [4.69, 9.17) is 5.11 Å². The highest BCUT2D eigenvalue weighted by Crippen LogP contribution is 2.22. The smallest absolute Gasteiger partial charge is 0.305 e. The molecule has 2 rings (SSSR count). The van der Waals surface area contributed by atoms with Crippen LogP contribution in [-0.2, 0) is 4.79 Å². The lowest BCUT2D eigenvalue weighted by Crippen LogP contribution is -2.51. The summed E-state index contributed by atoms with van der Waals surface area (Å²) in [7, 11) is 1.67. The summed E-state index contributed by atoms with van der Waals surface area (Å²) in [6.07, 6.45) is -0.189. The van der Waals surface area contributed by atoms with Crippen LogP contribution in [0.1, 0.15) is 47.9 Å². The van der Waals surface area contributed by atoms with Crippen LogP contribution < -0.4 is 10.2 Å². The molecule has 148 valence electrons. The Morgan fingerprint density at radius 2 is 1.64 bits per heavy atom. The predicted molar refractivity (Wildman–Crippen MR) is 109 cm³/mol. The fourth-order valence-electron chi connectivity index (χ4n) is 2.79. The number of hydrogen-bond acceptors (Lipinski definition) is 3. The zero-order valence-electron chi connectivity index (χ0n) is 16.6. The van der Waals surface area contributed by atoms with E-state index in [0.717, 1.165) is 5.69 Å². The van der Waals surface area contributed by atoms with Crippen molar-refractivity contribution in [2.24, 2.45) is 5.92 Å². The third kappa shape index (κ3) is 4.97. The van der Waals surface area contributed by atoms with Crippen LogP contribution in [0.15, 0.2) is 54.6 Å². The number of carboxylic acids is 1. The Morgan fingerprint density at radius 1 is 1.04 bits per heavy atom. The number of hydrogen-bond donors (Lipinski definition) is 2. The quantitative estimate of drug-likeness (QED) is 0.766. The molecule has 0 bridgehead atoms. The lowest BCUT2D eigenvalue weighted by molar-refractivity contribution is -0.138. The van der Waals surface area contributed by atoms with E-state index in [1.54, 1.807) is 32.2 Å². The van der Waals surface area contributed by atoms with Gasteiger partial charge in [-0.25, -0.2) is 0 Å². The molecule has 0 heterocycles. The van der Waals surface area contributed by atoms with Gasteiger partial charge in [-0.1, -0.05) is 38.1 Å². The Balaban J connectivity index is 2.23. The summed E-state index contributed by atoms with van der Waals surface area (Å²) in [5.74, 6) is -1.71. The molecule has 0 fully saturated rings. The van der Waals surface area contributed by atoms with E-state index in [9.17, 15) is 14.4 Å². The molecule has 28 heavy (non-hydrogen) atoms. The van der Waals surface area contributed by atoms with Crippen LogP contribution in [0.4, 0.5) is 5.69 Å². The Labute approximate surface area is 165 Å². The number of anilines is 1. The molecule has 0 aliphatic heterocycles. The summed E-state index contributed by atoms with van der Waals surface area (Å²) >= 11 is 0. The molecular formula is C22H26N2O4. The third-order valence-corrected chi connectivity index (χ3v) is 5.01. The first kappa shape index (κ1) is 21.2. The summed E-state index contributed by atoms with van der Waals surface area (Å²) < 4.78 is 0. The number of aliphatic carboxylic acids is 1. The van der Waals surface area contributed by atoms with Crippen LogP contribution in [-0.4, -0.2) is 35.5 Å². The minimum Gasteiger partial charge on any atom is -0.481 e. The van der Waals surface area contributed by atoms with E-state index < -0.39 is 17.4 Å². The molecule has 6 nitrogen and oxygen atoms in total. The molecule has 6 heteroatoms. The number of rotatable bonds is 7. The fraction of sp³-hybridized carbons (Fsp3) is 0.318. The molecule has 2 aromatic carbocycles. The van der Waals surface area contributed by atoms with Crippen LogP contribution >= 0.6 is 0 Å². The number of carbonyl (C=O) groups excluding carboxylic acids is 2. The minimum absolute atomic E-state index is 0.0819. The Morgan fingerprint density at radius 3 is 2.21 bits per heavy atom. The van der Waals surface area contributed by atoms with Crippen molar-refractivity contribution in [3.05, 3.63) is 65.7 Å². The second-order valence-corrected chi connectivity index (χ2v) is 7.38. The first-order valence-corrected chi connectivity index (χ1v) is 9.11.